The van der Waals surface area contributed by atoms with E-state index in [1.807, 2.05) is 0 Å². The first-order valence-corrected chi connectivity index (χ1v) is 7.52. The fourth-order valence-electron chi connectivity index (χ4n) is 1.89. The van der Waals surface area contributed by atoms with E-state index in [1.165, 1.54) is 24.3 Å². The lowest BCUT2D eigenvalue weighted by molar-refractivity contribution is -0.138. The normalized spacial score (nSPS) is 11.1. The maximum Gasteiger partial charge on any atom is 0.417 e. The molecule has 25 heavy (non-hydrogen) atoms. The van der Waals surface area contributed by atoms with Crippen molar-refractivity contribution < 1.29 is 27.5 Å². The van der Waals surface area contributed by atoms with Gasteiger partial charge in [0.1, 0.15) is 0 Å². The summed E-state index contributed by atoms with van der Waals surface area (Å²) in [5.74, 6) is -2.02. The van der Waals surface area contributed by atoms with Gasteiger partial charge in [0.05, 0.1) is 21.8 Å². The number of anilines is 1. The van der Waals surface area contributed by atoms with Crippen LogP contribution in [0.25, 0.3) is 0 Å². The third-order valence-electron chi connectivity index (χ3n) is 2.99. The zero-order valence-corrected chi connectivity index (χ0v) is 13.9. The Morgan fingerprint density at radius 2 is 1.76 bits per heavy atom. The number of hydrogen-bond donors (Lipinski definition) is 1. The van der Waals surface area contributed by atoms with E-state index in [4.69, 9.17) is 23.2 Å². The zero-order chi connectivity index (χ0) is 18.6. The standard InChI is InChI=1S/C16H10Cl2F3NO3/c17-9-5-6-13(12(18)7-9)22-14(23)8-25-15(24)10-3-1-2-4-11(10)16(19,20)21/h1-7H,8H2,(H,22,23). The quantitative estimate of drug-likeness (QED) is 0.761. The minimum Gasteiger partial charge on any atom is -0.452 e. The predicted molar refractivity (Wildman–Crippen MR) is 86.8 cm³/mol. The number of rotatable bonds is 4. The van der Waals surface area contributed by atoms with Crippen LogP contribution in [0.2, 0.25) is 10.0 Å². The van der Waals surface area contributed by atoms with Gasteiger partial charge in [-0.25, -0.2) is 4.79 Å². The molecule has 0 unspecified atom stereocenters. The lowest BCUT2D eigenvalue weighted by Crippen LogP contribution is -2.22. The van der Waals surface area contributed by atoms with E-state index in [0.717, 1.165) is 18.2 Å². The Morgan fingerprint density at radius 3 is 2.40 bits per heavy atom. The molecule has 0 aromatic heterocycles. The van der Waals surface area contributed by atoms with Crippen molar-refractivity contribution in [3.05, 3.63) is 63.6 Å². The van der Waals surface area contributed by atoms with Crippen LogP contribution in [0.4, 0.5) is 18.9 Å². The minimum absolute atomic E-state index is 0.162. The van der Waals surface area contributed by atoms with Gasteiger partial charge < -0.3 is 10.1 Å². The van der Waals surface area contributed by atoms with Crippen molar-refractivity contribution in [1.29, 1.82) is 0 Å². The molecule has 0 atom stereocenters. The Kier molecular flexibility index (Phi) is 5.92. The molecule has 0 aliphatic carbocycles. The van der Waals surface area contributed by atoms with E-state index in [0.29, 0.717) is 5.02 Å². The van der Waals surface area contributed by atoms with Crippen LogP contribution in [0.1, 0.15) is 15.9 Å². The average molecular weight is 392 g/mol. The third kappa shape index (κ3) is 5.11. The molecule has 0 fully saturated rings. The van der Waals surface area contributed by atoms with Crippen molar-refractivity contribution in [2.24, 2.45) is 0 Å². The first-order chi connectivity index (χ1) is 11.7. The Bertz CT molecular complexity index is 809. The molecule has 2 aromatic rings. The second-order valence-electron chi connectivity index (χ2n) is 4.79. The molecule has 0 radical (unpaired) electrons. The lowest BCUT2D eigenvalue weighted by Gasteiger charge is -2.12. The molecule has 4 nitrogen and oxygen atoms in total. The summed E-state index contributed by atoms with van der Waals surface area (Å²) >= 11 is 11.6. The number of nitrogens with one attached hydrogen (secondary N) is 1. The molecule has 0 spiro atoms. The van der Waals surface area contributed by atoms with E-state index in [2.05, 4.69) is 10.1 Å². The summed E-state index contributed by atoms with van der Waals surface area (Å²) in [6, 6.07) is 8.44. The molecule has 0 bridgehead atoms. The van der Waals surface area contributed by atoms with Crippen LogP contribution in [0.5, 0.6) is 0 Å². The van der Waals surface area contributed by atoms with Crippen LogP contribution in [0.3, 0.4) is 0 Å². The topological polar surface area (TPSA) is 55.4 Å². The van der Waals surface area contributed by atoms with E-state index in [-0.39, 0.29) is 10.7 Å². The summed E-state index contributed by atoms with van der Waals surface area (Å²) in [5.41, 5.74) is -1.59. The second-order valence-corrected chi connectivity index (χ2v) is 5.64. The SMILES string of the molecule is O=C(COC(=O)c1ccccc1C(F)(F)F)Nc1ccc(Cl)cc1Cl. The molecule has 0 heterocycles. The second kappa shape index (κ2) is 7.76. The molecule has 0 aliphatic rings. The summed E-state index contributed by atoms with van der Waals surface area (Å²) in [4.78, 5) is 23.6. The first kappa shape index (κ1) is 19.1. The Labute approximate surface area is 150 Å². The molecule has 2 rings (SSSR count). The smallest absolute Gasteiger partial charge is 0.417 e. The summed E-state index contributed by atoms with van der Waals surface area (Å²) < 4.78 is 43.2. The van der Waals surface area contributed by atoms with Crippen LogP contribution in [0, 0.1) is 0 Å². The molecule has 1 N–H and O–H groups in total. The summed E-state index contributed by atoms with van der Waals surface area (Å²) in [7, 11) is 0. The molecular weight excluding hydrogens is 382 g/mol. The Hall–Kier alpha value is -2.25. The van der Waals surface area contributed by atoms with Crippen LogP contribution in [-0.4, -0.2) is 18.5 Å². The fraction of sp³-hybridized carbons (Fsp3) is 0.125. The maximum absolute atomic E-state index is 12.9. The van der Waals surface area contributed by atoms with Gasteiger partial charge in [-0.2, -0.15) is 13.2 Å². The van der Waals surface area contributed by atoms with Gasteiger partial charge in [-0.1, -0.05) is 35.3 Å². The fourth-order valence-corrected chi connectivity index (χ4v) is 2.35. The predicted octanol–water partition coefficient (Wildman–Crippen LogP) is 4.81. The molecule has 0 saturated heterocycles. The molecular formula is C16H10Cl2F3NO3. The van der Waals surface area contributed by atoms with Gasteiger partial charge in [0.25, 0.3) is 5.91 Å². The molecule has 0 saturated carbocycles. The lowest BCUT2D eigenvalue weighted by atomic mass is 10.1. The van der Waals surface area contributed by atoms with Crippen LogP contribution in [0.15, 0.2) is 42.5 Å². The highest BCUT2D eigenvalue weighted by Gasteiger charge is 2.35. The number of ether oxygens (including phenoxy) is 1. The largest absolute Gasteiger partial charge is 0.452 e. The number of alkyl halides is 3. The van der Waals surface area contributed by atoms with Crippen molar-refractivity contribution in [2.75, 3.05) is 11.9 Å². The maximum atomic E-state index is 12.9. The highest BCUT2D eigenvalue weighted by atomic mass is 35.5. The number of carbonyl (C=O) groups excluding carboxylic acids is 2. The first-order valence-electron chi connectivity index (χ1n) is 6.76. The van der Waals surface area contributed by atoms with Gasteiger partial charge in [-0.3, -0.25) is 4.79 Å². The van der Waals surface area contributed by atoms with E-state index >= 15 is 0 Å². The van der Waals surface area contributed by atoms with Crippen LogP contribution in [-0.2, 0) is 15.7 Å². The summed E-state index contributed by atoms with van der Waals surface area (Å²) in [5, 5.41) is 2.88. The molecule has 9 heteroatoms. The van der Waals surface area contributed by atoms with Crippen molar-refractivity contribution in [3.63, 3.8) is 0 Å². The zero-order valence-electron chi connectivity index (χ0n) is 12.4. The molecule has 0 aliphatic heterocycles. The van der Waals surface area contributed by atoms with Gasteiger partial charge in [0.2, 0.25) is 0 Å². The van der Waals surface area contributed by atoms with Crippen LogP contribution >= 0.6 is 23.2 Å². The number of hydrogen-bond acceptors (Lipinski definition) is 3. The van der Waals surface area contributed by atoms with Gasteiger partial charge >= 0.3 is 12.1 Å². The summed E-state index contributed by atoms with van der Waals surface area (Å²) in [6.45, 7) is -0.774. The number of amides is 1. The van der Waals surface area contributed by atoms with Crippen molar-refractivity contribution in [2.45, 2.75) is 6.18 Å². The third-order valence-corrected chi connectivity index (χ3v) is 3.54. The number of halogens is 5. The molecule has 1 amide bonds. The summed E-state index contributed by atoms with van der Waals surface area (Å²) in [6.07, 6.45) is -4.71. The van der Waals surface area contributed by atoms with E-state index in [1.54, 1.807) is 0 Å². The van der Waals surface area contributed by atoms with E-state index in [9.17, 15) is 22.8 Å². The van der Waals surface area contributed by atoms with Crippen molar-refractivity contribution >= 4 is 40.8 Å². The van der Waals surface area contributed by atoms with Gasteiger partial charge in [-0.05, 0) is 30.3 Å². The minimum atomic E-state index is -4.71. The monoisotopic (exact) mass is 391 g/mol. The number of carbonyl (C=O) groups is 2. The molecule has 132 valence electrons. The highest BCUT2D eigenvalue weighted by molar-refractivity contribution is 6.36. The van der Waals surface area contributed by atoms with Crippen LogP contribution < -0.4 is 5.32 Å². The Morgan fingerprint density at radius 1 is 1.08 bits per heavy atom. The van der Waals surface area contributed by atoms with Crippen molar-refractivity contribution in [1.82, 2.24) is 0 Å². The highest BCUT2D eigenvalue weighted by Crippen LogP contribution is 2.32. The van der Waals surface area contributed by atoms with Crippen molar-refractivity contribution in [3.8, 4) is 0 Å². The number of esters is 1. The van der Waals surface area contributed by atoms with Gasteiger partial charge in [-0.15, -0.1) is 0 Å². The number of benzene rings is 2. The van der Waals surface area contributed by atoms with Gasteiger partial charge in [0.15, 0.2) is 6.61 Å². The molecule has 2 aromatic carbocycles. The van der Waals surface area contributed by atoms with Gasteiger partial charge in [0, 0.05) is 5.02 Å². The average Bonchev–Trinajstić information content (AvgIpc) is 2.54. The van der Waals surface area contributed by atoms with E-state index < -0.39 is 35.8 Å². The Balaban J connectivity index is 2.02.